The van der Waals surface area contributed by atoms with Crippen LogP contribution in [0.1, 0.15) is 79.4 Å². The highest BCUT2D eigenvalue weighted by Crippen LogP contribution is 2.44. The molecule has 0 spiro atoms. The molecule has 0 N–H and O–H groups in total. The summed E-state index contributed by atoms with van der Waals surface area (Å²) >= 11 is 0. The summed E-state index contributed by atoms with van der Waals surface area (Å²) in [7, 11) is 3.16. The smallest absolute Gasteiger partial charge is 0.387 e. The van der Waals surface area contributed by atoms with E-state index in [4.69, 9.17) is 27.3 Å². The monoisotopic (exact) mass is 536 g/mol. The molecule has 0 bridgehead atoms. The maximum absolute atomic E-state index is 6.53. The van der Waals surface area contributed by atoms with Gasteiger partial charge in [-0.05, 0) is 47.9 Å². The Morgan fingerprint density at radius 3 is 1.49 bits per heavy atom. The Hall–Kier alpha value is -2.18. The fourth-order valence-corrected chi connectivity index (χ4v) is 4.97. The van der Waals surface area contributed by atoms with E-state index in [2.05, 4.69) is 46.4 Å². The topological polar surface area (TPSA) is 72.4 Å². The zero-order valence-electron chi connectivity index (χ0n) is 24.4. The molecule has 208 valence electrons. The van der Waals surface area contributed by atoms with Crippen molar-refractivity contribution in [3.63, 3.8) is 0 Å². The van der Waals surface area contributed by atoms with Crippen molar-refractivity contribution in [1.29, 1.82) is 0 Å². The molecule has 1 aromatic heterocycles. The number of methoxy groups -OCH3 is 2. The first-order valence-corrected chi connectivity index (χ1v) is 14.0. The van der Waals surface area contributed by atoms with Crippen molar-refractivity contribution in [2.75, 3.05) is 34.5 Å². The van der Waals surface area contributed by atoms with Gasteiger partial charge < -0.3 is 17.9 Å². The fourth-order valence-electron chi connectivity index (χ4n) is 3.86. The summed E-state index contributed by atoms with van der Waals surface area (Å²) in [6, 6.07) is 8.06. The molecule has 1 heterocycles. The molecule has 0 atom stereocenters. The number of rotatable bonds is 9. The summed E-state index contributed by atoms with van der Waals surface area (Å²) in [6.07, 6.45) is 1.59. The van der Waals surface area contributed by atoms with E-state index < -0.39 is 8.24 Å². The van der Waals surface area contributed by atoms with Crippen LogP contribution in [0, 0.1) is 0 Å². The molecule has 0 unspecified atom stereocenters. The number of fused-ring (bicyclic) bond motifs is 3. The average Bonchev–Trinajstić information content (AvgIpc) is 3.01. The Morgan fingerprint density at radius 1 is 0.676 bits per heavy atom. The van der Waals surface area contributed by atoms with Gasteiger partial charge in [-0.2, -0.15) is 0 Å². The zero-order valence-corrected chi connectivity index (χ0v) is 25.3. The number of hydrogen-bond acceptors (Lipinski definition) is 7. The predicted octanol–water partition coefficient (Wildman–Crippen LogP) is 8.72. The van der Waals surface area contributed by atoms with Gasteiger partial charge in [-0.25, -0.2) is 9.78 Å². The first kappa shape index (κ1) is 31.0. The third-order valence-electron chi connectivity index (χ3n) is 5.77. The lowest BCUT2D eigenvalue weighted by atomic mass is 9.84. The highest BCUT2D eigenvalue weighted by Gasteiger charge is 2.25. The van der Waals surface area contributed by atoms with E-state index in [0.717, 1.165) is 57.4 Å². The third-order valence-corrected chi connectivity index (χ3v) is 6.83. The second-order valence-electron chi connectivity index (χ2n) is 10.5. The lowest BCUT2D eigenvalue weighted by Crippen LogP contribution is -2.12. The van der Waals surface area contributed by atoms with Crippen LogP contribution in [0.3, 0.4) is 0 Å². The Morgan fingerprint density at radius 2 is 1.11 bits per heavy atom. The Balaban J connectivity index is 0.00000235. The molecule has 0 aliphatic rings. The maximum Gasteiger partial charge on any atom is 0.387 e. The van der Waals surface area contributed by atoms with E-state index in [1.807, 2.05) is 38.1 Å². The Kier molecular flexibility index (Phi) is 11.4. The molecule has 0 amide bonds. The molecular formula is C29H45O7P. The van der Waals surface area contributed by atoms with Crippen LogP contribution in [0.4, 0.5) is 0 Å². The average molecular weight is 537 g/mol. The van der Waals surface area contributed by atoms with E-state index >= 15 is 0 Å². The summed E-state index contributed by atoms with van der Waals surface area (Å²) in [6.45, 7) is 17.9. The highest BCUT2D eigenvalue weighted by atomic mass is 31.1. The highest BCUT2D eigenvalue weighted by molar-refractivity contribution is 7.31. The Labute approximate surface area is 222 Å². The second kappa shape index (κ2) is 13.6. The van der Waals surface area contributed by atoms with E-state index in [1.54, 1.807) is 14.2 Å². The summed E-state index contributed by atoms with van der Waals surface area (Å²) in [4.78, 5) is 9.61. The molecule has 3 aromatic rings. The first-order chi connectivity index (χ1) is 17.5. The first-order valence-electron chi connectivity index (χ1n) is 12.9. The molecule has 0 aliphatic heterocycles. The van der Waals surface area contributed by atoms with Crippen LogP contribution in [-0.4, -0.2) is 34.5 Å². The molecule has 0 saturated carbocycles. The zero-order chi connectivity index (χ0) is 27.8. The molecule has 8 heteroatoms. The predicted molar refractivity (Wildman–Crippen MR) is 152 cm³/mol. The van der Waals surface area contributed by atoms with Crippen LogP contribution >= 0.6 is 8.24 Å². The van der Waals surface area contributed by atoms with Crippen molar-refractivity contribution in [3.8, 4) is 11.5 Å². The normalized spacial score (nSPS) is 11.9. The van der Waals surface area contributed by atoms with Crippen molar-refractivity contribution in [1.82, 2.24) is 0 Å². The van der Waals surface area contributed by atoms with Crippen LogP contribution in [0.5, 0.6) is 11.5 Å². The van der Waals surface area contributed by atoms with Crippen LogP contribution in [0.25, 0.3) is 21.9 Å². The van der Waals surface area contributed by atoms with Crippen molar-refractivity contribution >= 4 is 30.2 Å². The van der Waals surface area contributed by atoms with Crippen molar-refractivity contribution in [3.05, 3.63) is 35.4 Å². The lowest BCUT2D eigenvalue weighted by molar-refractivity contribution is -0.272. The molecule has 0 aliphatic carbocycles. The summed E-state index contributed by atoms with van der Waals surface area (Å²) in [5, 5.41) is 1.80. The van der Waals surface area contributed by atoms with Crippen molar-refractivity contribution in [2.45, 2.75) is 79.1 Å². The SMILES string of the molecule is CC.COOCCCCOp1oc2c(C(C)(C)C)cc(OC)cc2c2cc(OC)cc(C(C)(C)C)c2o1. The van der Waals surface area contributed by atoms with Crippen LogP contribution in [0.15, 0.2) is 32.7 Å². The van der Waals surface area contributed by atoms with Crippen LogP contribution in [0.2, 0.25) is 0 Å². The molecular weight excluding hydrogens is 491 g/mol. The number of unbranched alkanes of at least 4 members (excludes halogenated alkanes) is 1. The lowest BCUT2D eigenvalue weighted by Gasteiger charge is -2.21. The van der Waals surface area contributed by atoms with Gasteiger partial charge in [0.1, 0.15) is 22.7 Å². The number of ether oxygens (including phenoxy) is 2. The van der Waals surface area contributed by atoms with Crippen LogP contribution < -0.4 is 14.0 Å². The van der Waals surface area contributed by atoms with E-state index in [9.17, 15) is 0 Å². The number of benzene rings is 2. The van der Waals surface area contributed by atoms with Gasteiger partial charge in [-0.15, -0.1) is 0 Å². The minimum Gasteiger partial charge on any atom is -0.497 e. The summed E-state index contributed by atoms with van der Waals surface area (Å²) in [5.41, 5.74) is 3.14. The molecule has 2 aromatic carbocycles. The van der Waals surface area contributed by atoms with Crippen LogP contribution in [-0.2, 0) is 20.6 Å². The van der Waals surface area contributed by atoms with E-state index in [-0.39, 0.29) is 10.8 Å². The van der Waals surface area contributed by atoms with Gasteiger partial charge >= 0.3 is 8.24 Å². The minimum absolute atomic E-state index is 0.201. The molecule has 0 radical (unpaired) electrons. The van der Waals surface area contributed by atoms with E-state index in [1.165, 1.54) is 7.11 Å². The van der Waals surface area contributed by atoms with Gasteiger partial charge in [0.25, 0.3) is 0 Å². The fraction of sp³-hybridized carbons (Fsp3) is 0.586. The third kappa shape index (κ3) is 7.90. The van der Waals surface area contributed by atoms with Gasteiger partial charge in [0, 0.05) is 21.9 Å². The van der Waals surface area contributed by atoms with Gasteiger partial charge in [-0.3, -0.25) is 4.52 Å². The molecule has 0 fully saturated rings. The standard InChI is InChI=1S/C27H39O7P.C2H6/c1-26(2,3)22-16-18(28-7)14-20-21-15-19(29-8)17-23(27(4,5)6)25(21)34-35(33-24(20)22)32-13-11-10-12-31-30-9;1-2/h14-17H,10-13H2,1-9H3;1-2H3. The second-order valence-corrected chi connectivity index (χ2v) is 11.6. The van der Waals surface area contributed by atoms with Gasteiger partial charge in [-0.1, -0.05) is 55.4 Å². The summed E-state index contributed by atoms with van der Waals surface area (Å²) < 4.78 is 30.6. The quantitative estimate of drug-likeness (QED) is 0.154. The van der Waals surface area contributed by atoms with E-state index in [0.29, 0.717) is 13.2 Å². The molecule has 3 rings (SSSR count). The van der Waals surface area contributed by atoms with Gasteiger partial charge in [0.05, 0.1) is 34.5 Å². The van der Waals surface area contributed by atoms with Crippen molar-refractivity contribution < 1.29 is 32.2 Å². The molecule has 7 nitrogen and oxygen atoms in total. The van der Waals surface area contributed by atoms with Gasteiger partial charge in [0.2, 0.25) is 0 Å². The molecule has 0 saturated heterocycles. The Bertz CT molecular complexity index is 1100. The molecule has 37 heavy (non-hydrogen) atoms. The maximum atomic E-state index is 6.53. The van der Waals surface area contributed by atoms with Gasteiger partial charge in [0.15, 0.2) is 0 Å². The largest absolute Gasteiger partial charge is 0.497 e. The number of hydrogen-bond donors (Lipinski definition) is 0. The minimum atomic E-state index is -1.70. The summed E-state index contributed by atoms with van der Waals surface area (Å²) in [5.74, 6) is 1.52. The van der Waals surface area contributed by atoms with Crippen molar-refractivity contribution in [2.24, 2.45) is 0 Å².